The van der Waals surface area contributed by atoms with Crippen LogP contribution in [0.15, 0.2) is 28.7 Å². The van der Waals surface area contributed by atoms with Gasteiger partial charge in [0.15, 0.2) is 0 Å². The number of furan rings is 1. The summed E-state index contributed by atoms with van der Waals surface area (Å²) in [4.78, 5) is 0. The van der Waals surface area contributed by atoms with E-state index in [1.807, 2.05) is 13.0 Å². The van der Waals surface area contributed by atoms with E-state index >= 15 is 0 Å². The first kappa shape index (κ1) is 7.41. The lowest BCUT2D eigenvalue weighted by Crippen LogP contribution is -1.72. The Morgan fingerprint density at radius 1 is 1.17 bits per heavy atom. The second kappa shape index (κ2) is 2.67. The molecule has 0 aliphatic carbocycles. The minimum absolute atomic E-state index is 0.967. The Labute approximate surface area is 72.0 Å². The van der Waals surface area contributed by atoms with E-state index in [4.69, 9.17) is 4.42 Å². The van der Waals surface area contributed by atoms with Crippen LogP contribution in [0.1, 0.15) is 18.4 Å². The monoisotopic (exact) mass is 160 g/mol. The van der Waals surface area contributed by atoms with Crippen molar-refractivity contribution in [1.29, 1.82) is 0 Å². The van der Waals surface area contributed by atoms with Crippen molar-refractivity contribution in [3.63, 3.8) is 0 Å². The number of fused-ring (bicyclic) bond motifs is 1. The second-order valence-corrected chi connectivity index (χ2v) is 2.98. The summed E-state index contributed by atoms with van der Waals surface area (Å²) >= 11 is 0. The highest BCUT2D eigenvalue weighted by atomic mass is 16.3. The summed E-state index contributed by atoms with van der Waals surface area (Å²) in [5.74, 6) is 2.13. The Kier molecular flexibility index (Phi) is 1.65. The maximum atomic E-state index is 5.61. The van der Waals surface area contributed by atoms with Gasteiger partial charge in [0.05, 0.1) is 0 Å². The van der Waals surface area contributed by atoms with Crippen molar-refractivity contribution in [3.8, 4) is 0 Å². The average Bonchev–Trinajstić information content (AvgIpc) is 2.44. The molecular weight excluding hydrogens is 148 g/mol. The summed E-state index contributed by atoms with van der Waals surface area (Å²) in [7, 11) is 0. The van der Waals surface area contributed by atoms with Crippen molar-refractivity contribution in [1.82, 2.24) is 0 Å². The van der Waals surface area contributed by atoms with E-state index in [0.29, 0.717) is 0 Å². The molecule has 0 saturated heterocycles. The highest BCUT2D eigenvalue weighted by Crippen LogP contribution is 2.25. The lowest BCUT2D eigenvalue weighted by molar-refractivity contribution is 0.494. The summed E-state index contributed by atoms with van der Waals surface area (Å²) < 4.78 is 5.61. The first-order valence-electron chi connectivity index (χ1n) is 4.30. The first-order valence-corrected chi connectivity index (χ1v) is 4.30. The third-order valence-electron chi connectivity index (χ3n) is 2.20. The standard InChI is InChI=1S/C11H12O/c1-3-11-10-7-5-4-6-9(10)8(2)12-11/h4-7H,3H2,1-2H3. The summed E-state index contributed by atoms with van der Waals surface area (Å²) in [6, 6.07) is 8.32. The minimum atomic E-state index is 0.967. The highest BCUT2D eigenvalue weighted by Gasteiger charge is 2.06. The van der Waals surface area contributed by atoms with E-state index in [-0.39, 0.29) is 0 Å². The van der Waals surface area contributed by atoms with Gasteiger partial charge in [0.2, 0.25) is 0 Å². The van der Waals surface area contributed by atoms with Gasteiger partial charge in [-0.15, -0.1) is 0 Å². The molecule has 0 amide bonds. The Bertz CT molecular complexity index is 398. The number of aryl methyl sites for hydroxylation is 2. The molecule has 0 fully saturated rings. The lowest BCUT2D eigenvalue weighted by atomic mass is 10.1. The molecule has 0 saturated carbocycles. The van der Waals surface area contributed by atoms with E-state index in [9.17, 15) is 0 Å². The lowest BCUT2D eigenvalue weighted by Gasteiger charge is -1.88. The van der Waals surface area contributed by atoms with Gasteiger partial charge >= 0.3 is 0 Å². The van der Waals surface area contributed by atoms with Gasteiger partial charge in [0.1, 0.15) is 11.5 Å². The average molecular weight is 160 g/mol. The van der Waals surface area contributed by atoms with Crippen molar-refractivity contribution in [2.24, 2.45) is 0 Å². The predicted molar refractivity (Wildman–Crippen MR) is 50.3 cm³/mol. The molecular formula is C11H12O. The smallest absolute Gasteiger partial charge is 0.111 e. The van der Waals surface area contributed by atoms with Crippen LogP contribution in [0.2, 0.25) is 0 Å². The summed E-state index contributed by atoms with van der Waals surface area (Å²) in [5, 5.41) is 2.51. The molecule has 62 valence electrons. The fourth-order valence-corrected chi connectivity index (χ4v) is 1.59. The van der Waals surface area contributed by atoms with Crippen LogP contribution in [0.25, 0.3) is 10.8 Å². The fourth-order valence-electron chi connectivity index (χ4n) is 1.59. The van der Waals surface area contributed by atoms with Gasteiger partial charge in [-0.05, 0) is 6.92 Å². The maximum Gasteiger partial charge on any atom is 0.111 e. The first-order chi connectivity index (χ1) is 5.83. The van der Waals surface area contributed by atoms with Crippen LogP contribution in [-0.2, 0) is 6.42 Å². The molecule has 0 unspecified atom stereocenters. The Morgan fingerprint density at radius 2 is 1.83 bits per heavy atom. The van der Waals surface area contributed by atoms with Crippen LogP contribution in [0, 0.1) is 6.92 Å². The summed E-state index contributed by atoms with van der Waals surface area (Å²) in [6.07, 6.45) is 0.967. The topological polar surface area (TPSA) is 13.1 Å². The summed E-state index contributed by atoms with van der Waals surface area (Å²) in [6.45, 7) is 4.13. The van der Waals surface area contributed by atoms with Gasteiger partial charge in [-0.3, -0.25) is 0 Å². The van der Waals surface area contributed by atoms with Crippen LogP contribution in [0.3, 0.4) is 0 Å². The highest BCUT2D eigenvalue weighted by molar-refractivity contribution is 5.86. The molecule has 1 aromatic carbocycles. The zero-order chi connectivity index (χ0) is 8.55. The minimum Gasteiger partial charge on any atom is -0.465 e. The molecule has 0 radical (unpaired) electrons. The second-order valence-electron chi connectivity index (χ2n) is 2.98. The molecule has 2 rings (SSSR count). The molecule has 1 heterocycles. The molecule has 0 N–H and O–H groups in total. The Hall–Kier alpha value is -1.24. The Balaban J connectivity index is 2.82. The van der Waals surface area contributed by atoms with Gasteiger partial charge in [-0.1, -0.05) is 31.2 Å². The third-order valence-corrected chi connectivity index (χ3v) is 2.20. The van der Waals surface area contributed by atoms with Crippen LogP contribution < -0.4 is 0 Å². The molecule has 1 heteroatoms. The Morgan fingerprint density at radius 3 is 2.50 bits per heavy atom. The van der Waals surface area contributed by atoms with Gasteiger partial charge < -0.3 is 4.42 Å². The van der Waals surface area contributed by atoms with Crippen molar-refractivity contribution < 1.29 is 4.42 Å². The fraction of sp³-hybridized carbons (Fsp3) is 0.273. The molecule has 0 aliphatic heterocycles. The SMILES string of the molecule is CCc1oc(C)c2ccccc12. The van der Waals surface area contributed by atoms with Crippen molar-refractivity contribution in [3.05, 3.63) is 35.8 Å². The van der Waals surface area contributed by atoms with Crippen LogP contribution >= 0.6 is 0 Å². The van der Waals surface area contributed by atoms with E-state index in [1.165, 1.54) is 10.8 Å². The van der Waals surface area contributed by atoms with Gasteiger partial charge in [-0.25, -0.2) is 0 Å². The molecule has 1 aromatic heterocycles. The van der Waals surface area contributed by atoms with Crippen LogP contribution in [0.4, 0.5) is 0 Å². The zero-order valence-electron chi connectivity index (χ0n) is 7.42. The molecule has 1 nitrogen and oxygen atoms in total. The van der Waals surface area contributed by atoms with Crippen molar-refractivity contribution in [2.45, 2.75) is 20.3 Å². The van der Waals surface area contributed by atoms with E-state index in [0.717, 1.165) is 17.9 Å². The van der Waals surface area contributed by atoms with Crippen molar-refractivity contribution >= 4 is 10.8 Å². The molecule has 0 bridgehead atoms. The quantitative estimate of drug-likeness (QED) is 0.623. The van der Waals surface area contributed by atoms with E-state index in [1.54, 1.807) is 0 Å². The van der Waals surface area contributed by atoms with Gasteiger partial charge in [0, 0.05) is 17.2 Å². The largest absolute Gasteiger partial charge is 0.465 e. The number of rotatable bonds is 1. The normalized spacial score (nSPS) is 10.8. The summed E-state index contributed by atoms with van der Waals surface area (Å²) in [5.41, 5.74) is 0. The molecule has 0 spiro atoms. The molecule has 0 aliphatic rings. The number of hydrogen-bond donors (Lipinski definition) is 0. The maximum absolute atomic E-state index is 5.61. The van der Waals surface area contributed by atoms with E-state index in [2.05, 4.69) is 25.1 Å². The van der Waals surface area contributed by atoms with Crippen LogP contribution in [0.5, 0.6) is 0 Å². The predicted octanol–water partition coefficient (Wildman–Crippen LogP) is 3.30. The van der Waals surface area contributed by atoms with E-state index < -0.39 is 0 Å². The van der Waals surface area contributed by atoms with Crippen molar-refractivity contribution in [2.75, 3.05) is 0 Å². The van der Waals surface area contributed by atoms with Crippen LogP contribution in [-0.4, -0.2) is 0 Å². The third kappa shape index (κ3) is 0.934. The van der Waals surface area contributed by atoms with Gasteiger partial charge in [-0.2, -0.15) is 0 Å². The molecule has 0 atom stereocenters. The molecule has 2 aromatic rings. The zero-order valence-corrected chi connectivity index (χ0v) is 7.42. The molecule has 12 heavy (non-hydrogen) atoms. The number of hydrogen-bond acceptors (Lipinski definition) is 1. The number of benzene rings is 1. The van der Waals surface area contributed by atoms with Gasteiger partial charge in [0.25, 0.3) is 0 Å².